The third-order valence-electron chi connectivity index (χ3n) is 4.17. The van der Waals surface area contributed by atoms with E-state index in [-0.39, 0.29) is 5.91 Å². The van der Waals surface area contributed by atoms with Crippen LogP contribution < -0.4 is 4.90 Å². The van der Waals surface area contributed by atoms with Gasteiger partial charge in [-0.15, -0.1) is 0 Å². The number of nitrogens with zero attached hydrogens (tertiary/aromatic N) is 3. The summed E-state index contributed by atoms with van der Waals surface area (Å²) < 4.78 is 0. The van der Waals surface area contributed by atoms with Gasteiger partial charge in [-0.3, -0.25) is 9.78 Å². The van der Waals surface area contributed by atoms with Gasteiger partial charge in [-0.25, -0.2) is 0 Å². The smallest absolute Gasteiger partial charge is 0.254 e. The molecule has 1 aliphatic heterocycles. The van der Waals surface area contributed by atoms with Gasteiger partial charge >= 0.3 is 0 Å². The monoisotopic (exact) mass is 295 g/mol. The van der Waals surface area contributed by atoms with E-state index in [1.54, 1.807) is 24.5 Å². The van der Waals surface area contributed by atoms with Crippen LogP contribution in [0.3, 0.4) is 0 Å². The van der Waals surface area contributed by atoms with Crippen molar-refractivity contribution in [2.45, 2.75) is 13.3 Å². The zero-order chi connectivity index (χ0) is 15.4. The largest absolute Gasteiger partial charge is 0.369 e. The van der Waals surface area contributed by atoms with Gasteiger partial charge in [0.25, 0.3) is 5.91 Å². The van der Waals surface area contributed by atoms with Crippen LogP contribution in [0.1, 0.15) is 22.3 Å². The Morgan fingerprint density at radius 1 is 1.00 bits per heavy atom. The number of hydrogen-bond donors (Lipinski definition) is 0. The molecule has 0 atom stereocenters. The summed E-state index contributed by atoms with van der Waals surface area (Å²) in [7, 11) is 0. The summed E-state index contributed by atoms with van der Waals surface area (Å²) in [5, 5.41) is 0. The first-order valence-electron chi connectivity index (χ1n) is 7.75. The summed E-state index contributed by atoms with van der Waals surface area (Å²) in [4.78, 5) is 20.9. The minimum atomic E-state index is 0.106. The molecule has 2 heterocycles. The lowest BCUT2D eigenvalue weighted by Crippen LogP contribution is -2.35. The first-order valence-corrected chi connectivity index (χ1v) is 7.75. The quantitative estimate of drug-likeness (QED) is 0.855. The van der Waals surface area contributed by atoms with E-state index in [0.29, 0.717) is 0 Å². The molecule has 1 aromatic heterocycles. The lowest BCUT2D eigenvalue weighted by Gasteiger charge is -2.25. The van der Waals surface area contributed by atoms with Gasteiger partial charge in [0, 0.05) is 49.8 Å². The van der Waals surface area contributed by atoms with Crippen molar-refractivity contribution in [2.75, 3.05) is 31.1 Å². The minimum Gasteiger partial charge on any atom is -0.369 e. The van der Waals surface area contributed by atoms with E-state index in [4.69, 9.17) is 0 Å². The maximum Gasteiger partial charge on any atom is 0.254 e. The van der Waals surface area contributed by atoms with Crippen LogP contribution in [-0.4, -0.2) is 42.0 Å². The number of aromatic nitrogens is 1. The van der Waals surface area contributed by atoms with Crippen LogP contribution in [0.4, 0.5) is 5.69 Å². The number of amides is 1. The van der Waals surface area contributed by atoms with Crippen molar-refractivity contribution in [1.82, 2.24) is 9.88 Å². The molecular weight excluding hydrogens is 274 g/mol. The van der Waals surface area contributed by atoms with Crippen molar-refractivity contribution in [3.8, 4) is 0 Å². The second-order valence-corrected chi connectivity index (χ2v) is 5.66. The van der Waals surface area contributed by atoms with E-state index in [0.717, 1.165) is 38.2 Å². The second-order valence-electron chi connectivity index (χ2n) is 5.66. The fourth-order valence-corrected chi connectivity index (χ4v) is 2.96. The highest BCUT2D eigenvalue weighted by Crippen LogP contribution is 2.21. The van der Waals surface area contributed by atoms with E-state index in [2.05, 4.69) is 41.1 Å². The minimum absolute atomic E-state index is 0.106. The van der Waals surface area contributed by atoms with Crippen LogP contribution in [0.5, 0.6) is 0 Å². The molecule has 1 fully saturated rings. The highest BCUT2D eigenvalue weighted by Gasteiger charge is 2.20. The first-order chi connectivity index (χ1) is 10.8. The molecule has 114 valence electrons. The van der Waals surface area contributed by atoms with Crippen LogP contribution in [0.2, 0.25) is 0 Å². The third kappa shape index (κ3) is 3.11. The predicted molar refractivity (Wildman–Crippen MR) is 88.1 cm³/mol. The molecule has 0 spiro atoms. The van der Waals surface area contributed by atoms with Crippen molar-refractivity contribution in [2.24, 2.45) is 0 Å². The molecule has 1 amide bonds. The summed E-state index contributed by atoms with van der Waals surface area (Å²) in [6.45, 7) is 5.58. The maximum atomic E-state index is 12.5. The average Bonchev–Trinajstić information content (AvgIpc) is 2.81. The lowest BCUT2D eigenvalue weighted by atomic mass is 10.2. The van der Waals surface area contributed by atoms with Gasteiger partial charge in [0.2, 0.25) is 0 Å². The fraction of sp³-hybridized carbons (Fsp3) is 0.333. The number of hydrogen-bond acceptors (Lipinski definition) is 3. The number of rotatable bonds is 2. The van der Waals surface area contributed by atoms with Gasteiger partial charge in [-0.2, -0.15) is 0 Å². The van der Waals surface area contributed by atoms with Crippen molar-refractivity contribution in [1.29, 1.82) is 0 Å². The van der Waals surface area contributed by atoms with Crippen LogP contribution >= 0.6 is 0 Å². The molecule has 0 saturated carbocycles. The first kappa shape index (κ1) is 14.6. The van der Waals surface area contributed by atoms with Gasteiger partial charge in [0.05, 0.1) is 0 Å². The molecule has 4 heteroatoms. The zero-order valence-corrected chi connectivity index (χ0v) is 12.9. The molecule has 0 N–H and O–H groups in total. The molecule has 3 rings (SSSR count). The molecule has 0 radical (unpaired) electrons. The number of para-hydroxylation sites is 1. The molecule has 1 aliphatic rings. The molecule has 1 saturated heterocycles. The highest BCUT2D eigenvalue weighted by atomic mass is 16.2. The van der Waals surface area contributed by atoms with E-state index in [1.807, 2.05) is 4.90 Å². The van der Waals surface area contributed by atoms with E-state index >= 15 is 0 Å². The Hall–Kier alpha value is -2.36. The number of carbonyl (C=O) groups is 1. The zero-order valence-electron chi connectivity index (χ0n) is 12.9. The molecule has 22 heavy (non-hydrogen) atoms. The Labute approximate surface area is 131 Å². The van der Waals surface area contributed by atoms with Crippen molar-refractivity contribution in [3.63, 3.8) is 0 Å². The second kappa shape index (κ2) is 6.60. The fourth-order valence-electron chi connectivity index (χ4n) is 2.96. The van der Waals surface area contributed by atoms with Crippen molar-refractivity contribution in [3.05, 3.63) is 59.9 Å². The molecule has 1 aromatic carbocycles. The summed E-state index contributed by atoms with van der Waals surface area (Å²) >= 11 is 0. The van der Waals surface area contributed by atoms with Gasteiger partial charge in [-0.05, 0) is 37.1 Å². The number of anilines is 1. The van der Waals surface area contributed by atoms with E-state index in [9.17, 15) is 4.79 Å². The number of pyridine rings is 1. The molecule has 0 aliphatic carbocycles. The number of carbonyl (C=O) groups excluding carboxylic acids is 1. The Bertz CT molecular complexity index is 642. The van der Waals surface area contributed by atoms with Gasteiger partial charge in [0.1, 0.15) is 0 Å². The van der Waals surface area contributed by atoms with E-state index in [1.165, 1.54) is 11.3 Å². The standard InChI is InChI=1S/C18H21N3O/c1-15-5-2-3-6-17(15)20-11-4-12-21(14-13-20)18(22)16-7-9-19-10-8-16/h2-3,5-10H,4,11-14H2,1H3. The topological polar surface area (TPSA) is 36.4 Å². The van der Waals surface area contributed by atoms with Crippen LogP contribution in [-0.2, 0) is 0 Å². The molecule has 2 aromatic rings. The van der Waals surface area contributed by atoms with Crippen molar-refractivity contribution >= 4 is 11.6 Å². The van der Waals surface area contributed by atoms with Crippen molar-refractivity contribution < 1.29 is 4.79 Å². The van der Waals surface area contributed by atoms with Gasteiger partial charge in [0.15, 0.2) is 0 Å². The third-order valence-corrected chi connectivity index (χ3v) is 4.17. The Kier molecular flexibility index (Phi) is 4.37. The highest BCUT2D eigenvalue weighted by molar-refractivity contribution is 5.94. The van der Waals surface area contributed by atoms with Crippen LogP contribution in [0.15, 0.2) is 48.8 Å². The van der Waals surface area contributed by atoms with Crippen LogP contribution in [0, 0.1) is 6.92 Å². The Morgan fingerprint density at radius 3 is 2.55 bits per heavy atom. The number of aryl methyl sites for hydroxylation is 1. The predicted octanol–water partition coefficient (Wildman–Crippen LogP) is 2.74. The number of benzene rings is 1. The Balaban J connectivity index is 1.70. The molecule has 0 unspecified atom stereocenters. The van der Waals surface area contributed by atoms with Crippen LogP contribution in [0.25, 0.3) is 0 Å². The average molecular weight is 295 g/mol. The van der Waals surface area contributed by atoms with Gasteiger partial charge in [-0.1, -0.05) is 18.2 Å². The lowest BCUT2D eigenvalue weighted by molar-refractivity contribution is 0.0767. The summed E-state index contributed by atoms with van der Waals surface area (Å²) in [5.41, 5.74) is 3.29. The maximum absolute atomic E-state index is 12.5. The summed E-state index contributed by atoms with van der Waals surface area (Å²) in [6.07, 6.45) is 4.33. The molecule has 0 bridgehead atoms. The molecule has 4 nitrogen and oxygen atoms in total. The summed E-state index contributed by atoms with van der Waals surface area (Å²) in [6, 6.07) is 12.0. The SMILES string of the molecule is Cc1ccccc1N1CCCN(C(=O)c2ccncc2)CC1. The van der Waals surface area contributed by atoms with E-state index < -0.39 is 0 Å². The Morgan fingerprint density at radius 2 is 1.77 bits per heavy atom. The normalized spacial score (nSPS) is 15.5. The summed E-state index contributed by atoms with van der Waals surface area (Å²) in [5.74, 6) is 0.106. The molecular formula is C18H21N3O. The van der Waals surface area contributed by atoms with Gasteiger partial charge < -0.3 is 9.80 Å².